The monoisotopic (exact) mass is 561 g/mol. The van der Waals surface area contributed by atoms with E-state index in [4.69, 9.17) is 10.9 Å². The lowest BCUT2D eigenvalue weighted by molar-refractivity contribution is -0.143. The molecule has 0 atom stereocenters. The summed E-state index contributed by atoms with van der Waals surface area (Å²) in [4.78, 5) is 16.8. The van der Waals surface area contributed by atoms with Gasteiger partial charge in [-0.1, -0.05) is 54.5 Å². The quantitative estimate of drug-likeness (QED) is 0.0602. The van der Waals surface area contributed by atoms with E-state index in [1.165, 1.54) is 11.3 Å². The van der Waals surface area contributed by atoms with Crippen molar-refractivity contribution in [3.8, 4) is 0 Å². The van der Waals surface area contributed by atoms with Gasteiger partial charge < -0.3 is 36.5 Å². The third-order valence-electron chi connectivity index (χ3n) is 5.40. The van der Waals surface area contributed by atoms with Gasteiger partial charge in [0.25, 0.3) is 0 Å². The second kappa shape index (κ2) is 20.0. The number of anilines is 3. The summed E-state index contributed by atoms with van der Waals surface area (Å²) in [5, 5.41) is 20.9. The Morgan fingerprint density at radius 1 is 1.15 bits per heavy atom. The van der Waals surface area contributed by atoms with Crippen molar-refractivity contribution in [1.29, 1.82) is 0 Å². The summed E-state index contributed by atoms with van der Waals surface area (Å²) in [6, 6.07) is 21.4. The molecule has 4 rings (SSSR count). The van der Waals surface area contributed by atoms with E-state index in [9.17, 15) is 4.79 Å². The van der Waals surface area contributed by atoms with Crippen LogP contribution in [0.15, 0.2) is 103 Å². The summed E-state index contributed by atoms with van der Waals surface area (Å²) in [6.45, 7) is 11.0. The van der Waals surface area contributed by atoms with Crippen LogP contribution < -0.4 is 26.6 Å². The zero-order valence-electron chi connectivity index (χ0n) is 24.4. The van der Waals surface area contributed by atoms with Gasteiger partial charge in [0.15, 0.2) is 5.84 Å². The average molecular weight is 562 g/mol. The SMILES string of the molecule is C=C.CCCC(=O)OCC.CN/C=C1\Nc2cc(CNc3ccccn3)ccc2N1C.N/C(=N\O)c1ccccc1. The highest BCUT2D eigenvalue weighted by Gasteiger charge is 2.20. The Balaban J connectivity index is 0.000000351. The summed E-state index contributed by atoms with van der Waals surface area (Å²) in [7, 11) is 3.95. The molecule has 0 saturated carbocycles. The van der Waals surface area contributed by atoms with Gasteiger partial charge in [-0.3, -0.25) is 4.79 Å². The molecule has 0 aliphatic carbocycles. The molecule has 41 heavy (non-hydrogen) atoms. The molecule has 3 aromatic rings. The number of amidine groups is 1. The number of nitrogens with two attached hydrogens (primary N) is 1. The molecule has 2 aromatic carbocycles. The Morgan fingerprint density at radius 3 is 2.44 bits per heavy atom. The second-order valence-electron chi connectivity index (χ2n) is 8.33. The first-order valence-corrected chi connectivity index (χ1v) is 13.3. The van der Waals surface area contributed by atoms with Crippen LogP contribution in [0.1, 0.15) is 37.8 Å². The van der Waals surface area contributed by atoms with E-state index in [1.807, 2.05) is 70.5 Å². The van der Waals surface area contributed by atoms with Gasteiger partial charge in [-0.15, -0.1) is 13.2 Å². The van der Waals surface area contributed by atoms with E-state index in [0.717, 1.165) is 35.9 Å². The second-order valence-corrected chi connectivity index (χ2v) is 8.33. The molecular formula is C31H43N7O3. The van der Waals surface area contributed by atoms with Gasteiger partial charge in [0.05, 0.1) is 18.0 Å². The molecule has 0 unspecified atom stereocenters. The van der Waals surface area contributed by atoms with Crippen LogP contribution in [-0.2, 0) is 16.1 Å². The molecule has 10 heteroatoms. The minimum absolute atomic E-state index is 0.0880. The highest BCUT2D eigenvalue weighted by molar-refractivity contribution is 5.96. The Hall–Kier alpha value is -4.99. The number of rotatable bonds is 8. The fourth-order valence-corrected chi connectivity index (χ4v) is 3.47. The van der Waals surface area contributed by atoms with Crippen LogP contribution in [0.2, 0.25) is 0 Å². The molecule has 2 heterocycles. The topological polar surface area (TPSA) is 137 Å². The van der Waals surface area contributed by atoms with Crippen molar-refractivity contribution in [2.24, 2.45) is 10.9 Å². The zero-order chi connectivity index (χ0) is 30.5. The van der Waals surface area contributed by atoms with Crippen LogP contribution in [0.5, 0.6) is 0 Å². The number of ether oxygens (including phenoxy) is 1. The Bertz CT molecular complexity index is 1210. The number of hydrogen-bond acceptors (Lipinski definition) is 9. The van der Waals surface area contributed by atoms with Gasteiger partial charge in [0.1, 0.15) is 11.6 Å². The number of esters is 1. The Morgan fingerprint density at radius 2 is 1.85 bits per heavy atom. The number of hydrogen-bond donors (Lipinski definition) is 5. The molecule has 0 spiro atoms. The predicted octanol–water partition coefficient (Wildman–Crippen LogP) is 5.51. The third kappa shape index (κ3) is 12.2. The fourth-order valence-electron chi connectivity index (χ4n) is 3.47. The number of carbonyl (C=O) groups excluding carboxylic acids is 1. The van der Waals surface area contributed by atoms with Crippen LogP contribution in [0, 0.1) is 0 Å². The molecule has 6 N–H and O–H groups in total. The maximum atomic E-state index is 10.4. The molecule has 1 aromatic heterocycles. The normalized spacial score (nSPS) is 12.1. The summed E-state index contributed by atoms with van der Waals surface area (Å²) in [5.74, 6) is 1.98. The van der Waals surface area contributed by atoms with Crippen molar-refractivity contribution in [3.05, 3.63) is 109 Å². The van der Waals surface area contributed by atoms with Crippen LogP contribution in [0.3, 0.4) is 0 Å². The number of pyridine rings is 1. The molecule has 1 aliphatic heterocycles. The summed E-state index contributed by atoms with van der Waals surface area (Å²) >= 11 is 0. The number of nitrogens with one attached hydrogen (secondary N) is 3. The lowest BCUT2D eigenvalue weighted by Gasteiger charge is -2.13. The Labute approximate surface area is 243 Å². The van der Waals surface area contributed by atoms with E-state index in [1.54, 1.807) is 18.3 Å². The summed E-state index contributed by atoms with van der Waals surface area (Å²) in [6.07, 6.45) is 5.16. The molecular weight excluding hydrogens is 518 g/mol. The van der Waals surface area contributed by atoms with Gasteiger partial charge in [-0.2, -0.15) is 0 Å². The van der Waals surface area contributed by atoms with Crippen molar-refractivity contribution in [2.75, 3.05) is 36.2 Å². The van der Waals surface area contributed by atoms with E-state index >= 15 is 0 Å². The first-order valence-electron chi connectivity index (χ1n) is 13.3. The van der Waals surface area contributed by atoms with Crippen LogP contribution in [0.4, 0.5) is 17.2 Å². The van der Waals surface area contributed by atoms with Crippen LogP contribution in [-0.4, -0.2) is 42.7 Å². The van der Waals surface area contributed by atoms with Crippen molar-refractivity contribution in [3.63, 3.8) is 0 Å². The lowest BCUT2D eigenvalue weighted by atomic mass is 10.1. The average Bonchev–Trinajstić information content (AvgIpc) is 3.33. The molecule has 0 fully saturated rings. The van der Waals surface area contributed by atoms with E-state index in [2.05, 4.69) is 67.1 Å². The summed E-state index contributed by atoms with van der Waals surface area (Å²) in [5.41, 5.74) is 9.54. The van der Waals surface area contributed by atoms with E-state index in [-0.39, 0.29) is 11.8 Å². The minimum Gasteiger partial charge on any atom is -0.466 e. The number of fused-ring (bicyclic) bond motifs is 1. The van der Waals surface area contributed by atoms with E-state index < -0.39 is 0 Å². The van der Waals surface area contributed by atoms with Crippen molar-refractivity contribution in [2.45, 2.75) is 33.2 Å². The maximum absolute atomic E-state index is 10.4. The van der Waals surface area contributed by atoms with Gasteiger partial charge in [0, 0.05) is 45.0 Å². The number of carbonyl (C=O) groups is 1. The highest BCUT2D eigenvalue weighted by Crippen LogP contribution is 2.35. The zero-order valence-corrected chi connectivity index (χ0v) is 24.4. The summed E-state index contributed by atoms with van der Waals surface area (Å²) < 4.78 is 4.64. The lowest BCUT2D eigenvalue weighted by Crippen LogP contribution is -2.16. The van der Waals surface area contributed by atoms with E-state index in [0.29, 0.717) is 13.0 Å². The van der Waals surface area contributed by atoms with Gasteiger partial charge >= 0.3 is 5.97 Å². The highest BCUT2D eigenvalue weighted by atomic mass is 16.5. The molecule has 0 amide bonds. The van der Waals surface area contributed by atoms with Crippen molar-refractivity contribution < 1.29 is 14.7 Å². The smallest absolute Gasteiger partial charge is 0.305 e. The van der Waals surface area contributed by atoms with Gasteiger partial charge in [0.2, 0.25) is 0 Å². The molecule has 0 saturated heterocycles. The van der Waals surface area contributed by atoms with Crippen LogP contribution in [0.25, 0.3) is 0 Å². The van der Waals surface area contributed by atoms with Crippen molar-refractivity contribution >= 4 is 29.0 Å². The first kappa shape index (κ1) is 34.0. The van der Waals surface area contributed by atoms with Gasteiger partial charge in [-0.25, -0.2) is 4.98 Å². The Kier molecular flexibility index (Phi) is 16.6. The minimum atomic E-state index is -0.0880. The number of nitrogens with zero attached hydrogens (tertiary/aromatic N) is 3. The molecule has 10 nitrogen and oxygen atoms in total. The largest absolute Gasteiger partial charge is 0.466 e. The third-order valence-corrected chi connectivity index (χ3v) is 5.40. The standard InChI is InChI=1S/C16H19N5.C7H8N2O.C6H12O2.C2H4/c1-17-11-16-20-13-9-12(6-7-14(13)21(16)2)10-19-15-5-3-4-8-18-15;8-7(9-10)6-4-2-1-3-5-6;1-3-5-6(7)8-4-2;1-2/h3-9,11,17,20H,10H2,1-2H3,(H,18,19);1-5,10H,(H2,8,9);3-5H2,1-2H3;1-2H2/b16-11+;;;. The first-order chi connectivity index (χ1) is 19.9. The number of aromatic nitrogens is 1. The number of oxime groups is 1. The molecule has 0 bridgehead atoms. The molecule has 1 aliphatic rings. The van der Waals surface area contributed by atoms with Crippen molar-refractivity contribution in [1.82, 2.24) is 10.3 Å². The molecule has 220 valence electrons. The van der Waals surface area contributed by atoms with Gasteiger partial charge in [-0.05, 0) is 43.2 Å². The van der Waals surface area contributed by atoms with Crippen LogP contribution >= 0.6 is 0 Å². The number of benzene rings is 2. The predicted molar refractivity (Wildman–Crippen MR) is 169 cm³/mol. The molecule has 0 radical (unpaired) electrons. The fraction of sp³-hybridized carbons (Fsp3) is 0.258. The maximum Gasteiger partial charge on any atom is 0.305 e.